The van der Waals surface area contributed by atoms with Crippen molar-refractivity contribution in [3.05, 3.63) is 36.1 Å². The van der Waals surface area contributed by atoms with Gasteiger partial charge in [0.25, 0.3) is 0 Å². The number of methoxy groups -OCH3 is 2. The molecule has 1 heterocycles. The van der Waals surface area contributed by atoms with Crippen molar-refractivity contribution in [2.45, 2.75) is 6.04 Å². The maximum absolute atomic E-state index is 11.2. The van der Waals surface area contributed by atoms with E-state index in [1.807, 2.05) is 6.07 Å². The van der Waals surface area contributed by atoms with Crippen LogP contribution in [0.3, 0.4) is 0 Å². The summed E-state index contributed by atoms with van der Waals surface area (Å²) in [5, 5.41) is 2.65. The molecule has 1 unspecified atom stereocenters. The standard InChI is InChI=1S/C12H13NO4/c1-7-11(13-12(14)17-7)10-8(15-2)5-4-6-9(10)16-3/h4-6,11H,1H2,2-3H3,(H,13,14). The second-order valence-corrected chi connectivity index (χ2v) is 3.51. The van der Waals surface area contributed by atoms with E-state index in [1.54, 1.807) is 26.4 Å². The topological polar surface area (TPSA) is 56.8 Å². The van der Waals surface area contributed by atoms with Gasteiger partial charge in [-0.2, -0.15) is 0 Å². The van der Waals surface area contributed by atoms with Crippen LogP contribution in [-0.4, -0.2) is 20.3 Å². The molecule has 1 saturated heterocycles. The fourth-order valence-corrected chi connectivity index (χ4v) is 1.80. The molecule has 17 heavy (non-hydrogen) atoms. The molecule has 1 amide bonds. The van der Waals surface area contributed by atoms with Crippen LogP contribution in [0.1, 0.15) is 11.6 Å². The van der Waals surface area contributed by atoms with Crippen LogP contribution >= 0.6 is 0 Å². The Kier molecular flexibility index (Phi) is 2.91. The van der Waals surface area contributed by atoms with Gasteiger partial charge in [-0.3, -0.25) is 0 Å². The summed E-state index contributed by atoms with van der Waals surface area (Å²) in [5.74, 6) is 1.56. The summed E-state index contributed by atoms with van der Waals surface area (Å²) in [6.45, 7) is 3.70. The fourth-order valence-electron chi connectivity index (χ4n) is 1.80. The molecule has 1 aliphatic rings. The van der Waals surface area contributed by atoms with E-state index in [1.165, 1.54) is 0 Å². The first-order valence-electron chi connectivity index (χ1n) is 5.05. The summed E-state index contributed by atoms with van der Waals surface area (Å²) in [6.07, 6.45) is -0.520. The van der Waals surface area contributed by atoms with Crippen LogP contribution in [0.5, 0.6) is 11.5 Å². The number of rotatable bonds is 3. The van der Waals surface area contributed by atoms with Crippen molar-refractivity contribution < 1.29 is 19.0 Å². The first-order valence-corrected chi connectivity index (χ1v) is 5.05. The van der Waals surface area contributed by atoms with Crippen LogP contribution in [0, 0.1) is 0 Å². The van der Waals surface area contributed by atoms with E-state index in [9.17, 15) is 4.79 Å². The second kappa shape index (κ2) is 4.37. The normalized spacial score (nSPS) is 18.6. The number of carbonyl (C=O) groups excluding carboxylic acids is 1. The quantitative estimate of drug-likeness (QED) is 0.870. The molecule has 0 bridgehead atoms. The number of hydrogen-bond donors (Lipinski definition) is 1. The van der Waals surface area contributed by atoms with E-state index in [0.717, 1.165) is 0 Å². The van der Waals surface area contributed by atoms with Crippen molar-refractivity contribution >= 4 is 6.09 Å². The van der Waals surface area contributed by atoms with Crippen LogP contribution in [-0.2, 0) is 4.74 Å². The summed E-state index contributed by atoms with van der Waals surface area (Å²) in [4.78, 5) is 11.2. The van der Waals surface area contributed by atoms with Crippen molar-refractivity contribution in [3.8, 4) is 11.5 Å². The third-order valence-electron chi connectivity index (χ3n) is 2.56. The van der Waals surface area contributed by atoms with Crippen molar-refractivity contribution in [1.29, 1.82) is 0 Å². The lowest BCUT2D eigenvalue weighted by Gasteiger charge is -2.17. The molecule has 1 atom stereocenters. The number of ether oxygens (including phenoxy) is 3. The summed E-state index contributed by atoms with van der Waals surface area (Å²) < 4.78 is 15.4. The largest absolute Gasteiger partial charge is 0.496 e. The van der Waals surface area contributed by atoms with Crippen LogP contribution in [0.4, 0.5) is 4.79 Å². The van der Waals surface area contributed by atoms with Gasteiger partial charge in [-0.15, -0.1) is 0 Å². The molecular weight excluding hydrogens is 222 g/mol. The Balaban J connectivity index is 2.49. The smallest absolute Gasteiger partial charge is 0.413 e. The Labute approximate surface area is 99.0 Å². The Morgan fingerprint density at radius 1 is 1.29 bits per heavy atom. The zero-order valence-corrected chi connectivity index (χ0v) is 9.65. The number of cyclic esters (lactones) is 1. The van der Waals surface area contributed by atoms with Crippen LogP contribution in [0.15, 0.2) is 30.5 Å². The number of nitrogens with one attached hydrogen (secondary N) is 1. The Morgan fingerprint density at radius 3 is 2.29 bits per heavy atom. The number of alkyl carbamates (subject to hydrolysis) is 1. The highest BCUT2D eigenvalue weighted by Gasteiger charge is 2.33. The van der Waals surface area contributed by atoms with Gasteiger partial charge in [-0.25, -0.2) is 4.79 Å². The van der Waals surface area contributed by atoms with Crippen LogP contribution in [0.25, 0.3) is 0 Å². The number of hydrogen-bond acceptors (Lipinski definition) is 4. The van der Waals surface area contributed by atoms with Gasteiger partial charge in [-0.1, -0.05) is 12.6 Å². The summed E-state index contributed by atoms with van der Waals surface area (Å²) in [6, 6.07) is 4.93. The maximum atomic E-state index is 11.2. The highest BCUT2D eigenvalue weighted by atomic mass is 16.6. The lowest BCUT2D eigenvalue weighted by atomic mass is 10.0. The molecule has 5 nitrogen and oxygen atoms in total. The molecule has 2 rings (SSSR count). The predicted octanol–water partition coefficient (Wildman–Crippen LogP) is 2.00. The summed E-state index contributed by atoms with van der Waals surface area (Å²) >= 11 is 0. The molecule has 0 spiro atoms. The second-order valence-electron chi connectivity index (χ2n) is 3.51. The van der Waals surface area contributed by atoms with Crippen LogP contribution in [0.2, 0.25) is 0 Å². The summed E-state index contributed by atoms with van der Waals surface area (Å²) in [7, 11) is 3.11. The number of carbonyl (C=O) groups is 1. The van der Waals surface area contributed by atoms with E-state index in [-0.39, 0.29) is 0 Å². The molecule has 5 heteroatoms. The fraction of sp³-hybridized carbons (Fsp3) is 0.250. The van der Waals surface area contributed by atoms with Gasteiger partial charge in [0.1, 0.15) is 23.3 Å². The van der Waals surface area contributed by atoms with Crippen molar-refractivity contribution in [2.75, 3.05) is 14.2 Å². The van der Waals surface area contributed by atoms with E-state index in [4.69, 9.17) is 14.2 Å². The average molecular weight is 235 g/mol. The minimum absolute atomic E-state index is 0.331. The van der Waals surface area contributed by atoms with E-state index < -0.39 is 12.1 Å². The molecular formula is C12H13NO4. The van der Waals surface area contributed by atoms with Crippen molar-refractivity contribution in [2.24, 2.45) is 0 Å². The third-order valence-corrected chi connectivity index (χ3v) is 2.56. The number of benzene rings is 1. The highest BCUT2D eigenvalue weighted by Crippen LogP contribution is 2.39. The molecule has 1 N–H and O–H groups in total. The molecule has 0 aromatic heterocycles. The molecule has 0 aliphatic carbocycles. The monoisotopic (exact) mass is 235 g/mol. The molecule has 0 radical (unpaired) electrons. The average Bonchev–Trinajstić information content (AvgIpc) is 2.67. The van der Waals surface area contributed by atoms with Gasteiger partial charge in [0.2, 0.25) is 0 Å². The minimum Gasteiger partial charge on any atom is -0.496 e. The Hall–Kier alpha value is -2.17. The summed E-state index contributed by atoms with van der Waals surface area (Å²) in [5.41, 5.74) is 0.702. The predicted molar refractivity (Wildman–Crippen MR) is 61.0 cm³/mol. The molecule has 1 aromatic carbocycles. The Bertz CT molecular complexity index is 447. The molecule has 1 aliphatic heterocycles. The van der Waals surface area contributed by atoms with Gasteiger partial charge < -0.3 is 19.5 Å². The molecule has 90 valence electrons. The van der Waals surface area contributed by atoms with Crippen molar-refractivity contribution in [1.82, 2.24) is 5.32 Å². The van der Waals surface area contributed by atoms with Crippen molar-refractivity contribution in [3.63, 3.8) is 0 Å². The zero-order chi connectivity index (χ0) is 12.4. The maximum Gasteiger partial charge on any atom is 0.413 e. The van der Waals surface area contributed by atoms with Crippen LogP contribution < -0.4 is 14.8 Å². The highest BCUT2D eigenvalue weighted by molar-refractivity contribution is 5.74. The lowest BCUT2D eigenvalue weighted by molar-refractivity contribution is 0.195. The number of amides is 1. The Morgan fingerprint density at radius 2 is 1.88 bits per heavy atom. The van der Waals surface area contributed by atoms with Gasteiger partial charge in [-0.05, 0) is 12.1 Å². The van der Waals surface area contributed by atoms with Gasteiger partial charge >= 0.3 is 6.09 Å². The first-order chi connectivity index (χ1) is 8.17. The lowest BCUT2D eigenvalue weighted by Crippen LogP contribution is -2.19. The van der Waals surface area contributed by atoms with Gasteiger partial charge in [0, 0.05) is 0 Å². The van der Waals surface area contributed by atoms with Gasteiger partial charge in [0.05, 0.1) is 19.8 Å². The minimum atomic E-state index is -0.520. The van der Waals surface area contributed by atoms with E-state index in [0.29, 0.717) is 22.8 Å². The van der Waals surface area contributed by atoms with E-state index >= 15 is 0 Å². The van der Waals surface area contributed by atoms with Gasteiger partial charge in [0.15, 0.2) is 0 Å². The zero-order valence-electron chi connectivity index (χ0n) is 9.65. The first kappa shape index (κ1) is 11.3. The van der Waals surface area contributed by atoms with E-state index in [2.05, 4.69) is 11.9 Å². The molecule has 1 fully saturated rings. The SMILES string of the molecule is C=C1OC(=O)NC1c1c(OC)cccc1OC. The third kappa shape index (κ3) is 1.91. The molecule has 0 saturated carbocycles. The molecule has 1 aromatic rings.